The molecule has 0 spiro atoms. The number of likely N-dealkylation sites (tertiary alicyclic amines) is 2. The quantitative estimate of drug-likeness (QED) is 0.162. The van der Waals surface area contributed by atoms with E-state index in [4.69, 9.17) is 17.3 Å². The summed E-state index contributed by atoms with van der Waals surface area (Å²) in [5, 5.41) is 4.65. The van der Waals surface area contributed by atoms with E-state index in [1.165, 1.54) is 11.1 Å². The average molecular weight is 687 g/mol. The highest BCUT2D eigenvalue weighted by molar-refractivity contribution is 6.31. The Balaban J connectivity index is 1.11. The Kier molecular flexibility index (Phi) is 10.4. The maximum atomic E-state index is 13.4. The van der Waals surface area contributed by atoms with Crippen LogP contribution in [-0.2, 0) is 13.1 Å². The smallest absolute Gasteiger partial charge is 0.252 e. The number of halogens is 1. The lowest BCUT2D eigenvalue weighted by Gasteiger charge is -2.41. The second-order valence-corrected chi connectivity index (χ2v) is 13.9. The summed E-state index contributed by atoms with van der Waals surface area (Å²) in [6.07, 6.45) is 5.16. The zero-order chi connectivity index (χ0) is 34.5. The van der Waals surface area contributed by atoms with Crippen LogP contribution < -0.4 is 16.0 Å². The molecule has 4 aromatic carbocycles. The fraction of sp³-hybridized carbons (Fsp3) is 0.293. The van der Waals surface area contributed by atoms with Gasteiger partial charge in [-0.15, -0.1) is 0 Å². The van der Waals surface area contributed by atoms with Crippen LogP contribution in [0.5, 0.6) is 0 Å². The predicted molar refractivity (Wildman–Crippen MR) is 201 cm³/mol. The van der Waals surface area contributed by atoms with Crippen molar-refractivity contribution in [2.75, 3.05) is 31.1 Å². The SMILES string of the molecule is NC(=O)c1cnc2cc(Cl)ccc2c1N(c1ccc(C(=O)NC2CCN(Cc3ccccc3)CC2)cc1)C1CCN(Cc2ccccc2)CC1. The third kappa shape index (κ3) is 7.83. The van der Waals surface area contributed by atoms with Crippen molar-refractivity contribution in [3.63, 3.8) is 0 Å². The summed E-state index contributed by atoms with van der Waals surface area (Å²) >= 11 is 6.37. The van der Waals surface area contributed by atoms with Crippen molar-refractivity contribution in [3.05, 3.63) is 137 Å². The first-order chi connectivity index (χ1) is 24.4. The Morgan fingerprint density at radius 3 is 1.94 bits per heavy atom. The van der Waals surface area contributed by atoms with E-state index >= 15 is 0 Å². The van der Waals surface area contributed by atoms with E-state index in [2.05, 4.69) is 73.5 Å². The van der Waals surface area contributed by atoms with Crippen LogP contribution in [0.1, 0.15) is 57.5 Å². The van der Waals surface area contributed by atoms with Crippen LogP contribution in [-0.4, -0.2) is 64.9 Å². The molecule has 2 aliphatic heterocycles. The Bertz CT molecular complexity index is 1920. The summed E-state index contributed by atoms with van der Waals surface area (Å²) in [6.45, 7) is 5.54. The number of benzene rings is 4. The molecular weight excluding hydrogens is 644 g/mol. The maximum Gasteiger partial charge on any atom is 0.252 e. The highest BCUT2D eigenvalue weighted by Crippen LogP contribution is 2.39. The fourth-order valence-electron chi connectivity index (χ4n) is 7.41. The lowest BCUT2D eigenvalue weighted by molar-refractivity contribution is 0.0908. The molecule has 3 N–H and O–H groups in total. The molecule has 1 aromatic heterocycles. The number of carbonyl (C=O) groups is 2. The van der Waals surface area contributed by atoms with Crippen molar-refractivity contribution in [2.45, 2.75) is 50.9 Å². The number of hydrogen-bond acceptors (Lipinski definition) is 6. The standard InChI is InChI=1S/C41H43ClN6O2/c42-32-13-16-36-38(25-32)44-26-37(40(43)49)39(36)48(35-19-23-47(24-20-35)28-30-9-5-2-6-10-30)34-14-11-31(12-15-34)41(50)45-33-17-21-46(22-18-33)27-29-7-3-1-4-8-29/h1-16,25-26,33,35H,17-24,27-28H2,(H2,43,49)(H,45,50). The molecule has 2 aliphatic rings. The van der Waals surface area contributed by atoms with Crippen molar-refractivity contribution < 1.29 is 9.59 Å². The zero-order valence-corrected chi connectivity index (χ0v) is 28.9. The number of piperidine rings is 2. The van der Waals surface area contributed by atoms with Crippen molar-refractivity contribution in [2.24, 2.45) is 5.73 Å². The van der Waals surface area contributed by atoms with Gasteiger partial charge in [-0.3, -0.25) is 24.4 Å². The van der Waals surface area contributed by atoms with Crippen LogP contribution in [0.25, 0.3) is 10.9 Å². The van der Waals surface area contributed by atoms with Crippen LogP contribution in [0, 0.1) is 0 Å². The first-order valence-electron chi connectivity index (χ1n) is 17.5. The second kappa shape index (κ2) is 15.4. The number of nitrogens with one attached hydrogen (secondary N) is 1. The van der Waals surface area contributed by atoms with Crippen molar-refractivity contribution >= 4 is 45.7 Å². The molecule has 0 unspecified atom stereocenters. The molecule has 0 aliphatic carbocycles. The minimum atomic E-state index is -0.540. The molecule has 2 saturated heterocycles. The summed E-state index contributed by atoms with van der Waals surface area (Å²) in [5.41, 5.74) is 11.9. The Hall–Kier alpha value is -4.76. The molecule has 8 nitrogen and oxygen atoms in total. The van der Waals surface area contributed by atoms with Gasteiger partial charge in [0.2, 0.25) is 0 Å². The molecule has 0 radical (unpaired) electrons. The number of nitrogens with two attached hydrogens (primary N) is 1. The van der Waals surface area contributed by atoms with Crippen LogP contribution in [0.2, 0.25) is 5.02 Å². The average Bonchev–Trinajstić information content (AvgIpc) is 3.14. The molecule has 5 aromatic rings. The summed E-state index contributed by atoms with van der Waals surface area (Å²) in [7, 11) is 0. The number of amides is 2. The number of fused-ring (bicyclic) bond motifs is 1. The highest BCUT2D eigenvalue weighted by atomic mass is 35.5. The monoisotopic (exact) mass is 686 g/mol. The molecule has 50 heavy (non-hydrogen) atoms. The van der Waals surface area contributed by atoms with E-state index in [0.29, 0.717) is 21.7 Å². The third-order valence-corrected chi connectivity index (χ3v) is 10.3. The highest BCUT2D eigenvalue weighted by Gasteiger charge is 2.31. The molecule has 2 amide bonds. The maximum absolute atomic E-state index is 13.4. The molecule has 0 bridgehead atoms. The summed E-state index contributed by atoms with van der Waals surface area (Å²) in [6, 6.07) is 34.6. The third-order valence-electron chi connectivity index (χ3n) is 10.1. The van der Waals surface area contributed by atoms with Gasteiger partial charge in [0.25, 0.3) is 11.8 Å². The number of nitrogens with zero attached hydrogens (tertiary/aromatic N) is 4. The van der Waals surface area contributed by atoms with Gasteiger partial charge in [-0.05, 0) is 79.3 Å². The first kappa shape index (κ1) is 33.7. The van der Waals surface area contributed by atoms with Gasteiger partial charge < -0.3 is 16.0 Å². The van der Waals surface area contributed by atoms with Gasteiger partial charge in [-0.1, -0.05) is 72.3 Å². The number of aromatic nitrogens is 1. The molecule has 3 heterocycles. The van der Waals surface area contributed by atoms with Gasteiger partial charge in [0.15, 0.2) is 0 Å². The molecule has 7 rings (SSSR count). The number of pyridine rings is 1. The van der Waals surface area contributed by atoms with Gasteiger partial charge in [0.05, 0.1) is 16.8 Å². The number of anilines is 2. The number of rotatable bonds is 10. The van der Waals surface area contributed by atoms with E-state index in [0.717, 1.165) is 81.7 Å². The first-order valence-corrected chi connectivity index (χ1v) is 17.9. The Morgan fingerprint density at radius 2 is 1.36 bits per heavy atom. The summed E-state index contributed by atoms with van der Waals surface area (Å²) in [4.78, 5) is 38.1. The molecule has 256 valence electrons. The van der Waals surface area contributed by atoms with Crippen LogP contribution in [0.4, 0.5) is 11.4 Å². The van der Waals surface area contributed by atoms with Gasteiger partial charge >= 0.3 is 0 Å². The van der Waals surface area contributed by atoms with Crippen molar-refractivity contribution in [1.82, 2.24) is 20.1 Å². The molecule has 9 heteroatoms. The van der Waals surface area contributed by atoms with Crippen molar-refractivity contribution in [1.29, 1.82) is 0 Å². The van der Waals surface area contributed by atoms with E-state index in [1.807, 2.05) is 54.6 Å². The number of primary amides is 1. The Morgan fingerprint density at radius 1 is 0.780 bits per heavy atom. The largest absolute Gasteiger partial charge is 0.365 e. The lowest BCUT2D eigenvalue weighted by atomic mass is 9.97. The van der Waals surface area contributed by atoms with E-state index in [-0.39, 0.29) is 18.0 Å². The van der Waals surface area contributed by atoms with Gasteiger partial charge in [0, 0.05) is 79.2 Å². The number of carbonyl (C=O) groups excluding carboxylic acids is 2. The topological polar surface area (TPSA) is 94.8 Å². The zero-order valence-electron chi connectivity index (χ0n) is 28.2. The van der Waals surface area contributed by atoms with Crippen LogP contribution in [0.3, 0.4) is 0 Å². The van der Waals surface area contributed by atoms with E-state index < -0.39 is 5.91 Å². The summed E-state index contributed by atoms with van der Waals surface area (Å²) in [5.74, 6) is -0.609. The Labute approximate surface area is 298 Å². The molecule has 2 fully saturated rings. The van der Waals surface area contributed by atoms with Gasteiger partial charge in [0.1, 0.15) is 0 Å². The number of hydrogen-bond donors (Lipinski definition) is 2. The predicted octanol–water partition coefficient (Wildman–Crippen LogP) is 7.18. The van der Waals surface area contributed by atoms with E-state index in [9.17, 15) is 9.59 Å². The van der Waals surface area contributed by atoms with Crippen LogP contribution >= 0.6 is 11.6 Å². The van der Waals surface area contributed by atoms with Crippen LogP contribution in [0.15, 0.2) is 109 Å². The van der Waals surface area contributed by atoms with Gasteiger partial charge in [-0.2, -0.15) is 0 Å². The minimum absolute atomic E-state index is 0.0688. The van der Waals surface area contributed by atoms with Gasteiger partial charge in [-0.25, -0.2) is 0 Å². The lowest BCUT2D eigenvalue weighted by Crippen LogP contribution is -2.44. The fourth-order valence-corrected chi connectivity index (χ4v) is 7.58. The molecule has 0 atom stereocenters. The second-order valence-electron chi connectivity index (χ2n) is 13.5. The minimum Gasteiger partial charge on any atom is -0.365 e. The molecule has 0 saturated carbocycles. The normalized spacial score (nSPS) is 16.3. The summed E-state index contributed by atoms with van der Waals surface area (Å²) < 4.78 is 0. The molecular formula is C41H43ClN6O2. The van der Waals surface area contributed by atoms with E-state index in [1.54, 1.807) is 6.20 Å². The van der Waals surface area contributed by atoms with Crippen molar-refractivity contribution in [3.8, 4) is 0 Å².